The van der Waals surface area contributed by atoms with E-state index >= 15 is 0 Å². The Labute approximate surface area is 65.2 Å². The first-order valence-electron chi connectivity index (χ1n) is 3.30. The number of hydrogen-bond acceptors (Lipinski definition) is 1. The van der Waals surface area contributed by atoms with Crippen LogP contribution in [0.1, 0.15) is 5.56 Å². The van der Waals surface area contributed by atoms with Gasteiger partial charge in [0.2, 0.25) is 0 Å². The topological polar surface area (TPSA) is 57.2 Å². The Kier molecular flexibility index (Phi) is 2.49. The summed E-state index contributed by atoms with van der Waals surface area (Å²) in [4.78, 5) is 10.2. The van der Waals surface area contributed by atoms with Gasteiger partial charge < -0.3 is 5.73 Å². The molecule has 3 heteroatoms. The molecule has 2 N–H and O–H groups in total. The molecule has 0 bridgehead atoms. The van der Waals surface area contributed by atoms with Gasteiger partial charge in [-0.2, -0.15) is 0 Å². The minimum absolute atomic E-state index is 0.371. The maximum atomic E-state index is 10.2. The summed E-state index contributed by atoms with van der Waals surface area (Å²) in [7, 11) is 0. The molecule has 0 spiro atoms. The van der Waals surface area contributed by atoms with Crippen LogP contribution in [0.2, 0.25) is 0 Å². The maximum Gasteiger partial charge on any atom is 0.334 e. The lowest BCUT2D eigenvalue weighted by Gasteiger charge is -1.96. The lowest BCUT2D eigenvalue weighted by atomic mass is 10.2. The van der Waals surface area contributed by atoms with Gasteiger partial charge in [0.15, 0.2) is 0 Å². The summed E-state index contributed by atoms with van der Waals surface area (Å²) in [6.45, 7) is 0.371. The Morgan fingerprint density at radius 3 is 2.55 bits per heavy atom. The van der Waals surface area contributed by atoms with Crippen LogP contribution in [0.5, 0.6) is 0 Å². The zero-order valence-electron chi connectivity index (χ0n) is 6.03. The highest BCUT2D eigenvalue weighted by Gasteiger charge is 1.94. The largest absolute Gasteiger partial charge is 0.350 e. The molecule has 1 aromatic carbocycles. The third-order valence-electron chi connectivity index (χ3n) is 1.26. The number of amides is 2. The predicted molar refractivity (Wildman–Crippen MR) is 41.9 cm³/mol. The highest BCUT2D eigenvalue weighted by Crippen LogP contribution is 1.96. The van der Waals surface area contributed by atoms with Gasteiger partial charge in [-0.3, -0.25) is 0 Å². The highest BCUT2D eigenvalue weighted by atomic mass is 16.2. The average Bonchev–Trinajstić information content (AvgIpc) is 2.03. The summed E-state index contributed by atoms with van der Waals surface area (Å²) >= 11 is 0. The third-order valence-corrected chi connectivity index (χ3v) is 1.26. The second-order valence-corrected chi connectivity index (χ2v) is 2.14. The summed E-state index contributed by atoms with van der Waals surface area (Å²) < 4.78 is 0. The van der Waals surface area contributed by atoms with E-state index in [0.29, 0.717) is 6.54 Å². The van der Waals surface area contributed by atoms with Crippen molar-refractivity contribution in [2.75, 3.05) is 0 Å². The molecule has 0 saturated carbocycles. The summed E-state index contributed by atoms with van der Waals surface area (Å²) in [5, 5.41) is 3.53. The number of carbonyl (C=O) groups excluding carboxylic acids is 1. The molecule has 0 atom stereocenters. The van der Waals surface area contributed by atoms with Crippen molar-refractivity contribution in [1.82, 2.24) is 5.32 Å². The number of nitrogens with two attached hydrogens (primary N) is 1. The van der Waals surface area contributed by atoms with Crippen LogP contribution in [0.25, 0.3) is 0 Å². The van der Waals surface area contributed by atoms with E-state index in [9.17, 15) is 4.79 Å². The van der Waals surface area contributed by atoms with Crippen molar-refractivity contribution < 1.29 is 4.79 Å². The van der Waals surface area contributed by atoms with E-state index in [2.05, 4.69) is 5.32 Å². The average molecular weight is 149 g/mol. The smallest absolute Gasteiger partial charge is 0.334 e. The van der Waals surface area contributed by atoms with Gasteiger partial charge in [-0.05, 0) is 5.56 Å². The SMILES string of the molecule is NC(=O)[N]Cc1ccccc1. The van der Waals surface area contributed by atoms with E-state index in [0.717, 1.165) is 5.56 Å². The van der Waals surface area contributed by atoms with Crippen molar-refractivity contribution in [3.63, 3.8) is 0 Å². The van der Waals surface area contributed by atoms with E-state index in [1.165, 1.54) is 0 Å². The van der Waals surface area contributed by atoms with Crippen LogP contribution in [0, 0.1) is 0 Å². The highest BCUT2D eigenvalue weighted by molar-refractivity contribution is 5.71. The first-order valence-corrected chi connectivity index (χ1v) is 3.30. The molecule has 0 aliphatic rings. The molecule has 0 aliphatic heterocycles. The Morgan fingerprint density at radius 2 is 2.00 bits per heavy atom. The molecule has 0 aromatic heterocycles. The van der Waals surface area contributed by atoms with Crippen molar-refractivity contribution >= 4 is 6.03 Å². The van der Waals surface area contributed by atoms with Gasteiger partial charge >= 0.3 is 6.03 Å². The fourth-order valence-corrected chi connectivity index (χ4v) is 0.753. The Hall–Kier alpha value is -1.51. The molecule has 0 heterocycles. The third kappa shape index (κ3) is 2.71. The van der Waals surface area contributed by atoms with E-state index in [1.54, 1.807) is 0 Å². The molecule has 1 radical (unpaired) electrons. The molecule has 57 valence electrons. The zero-order chi connectivity index (χ0) is 8.10. The molecule has 0 saturated heterocycles. The van der Waals surface area contributed by atoms with Crippen molar-refractivity contribution in [3.05, 3.63) is 35.9 Å². The predicted octanol–water partition coefficient (Wildman–Crippen LogP) is 0.870. The van der Waals surface area contributed by atoms with Gasteiger partial charge in [0.1, 0.15) is 0 Å². The standard InChI is InChI=1S/C8H9N2O/c9-8(11)10-6-7-4-2-1-3-5-7/h1-5H,6H2,(H2,9,11). The lowest BCUT2D eigenvalue weighted by Crippen LogP contribution is -2.21. The van der Waals surface area contributed by atoms with Gasteiger partial charge in [-0.15, -0.1) is 0 Å². The number of benzene rings is 1. The van der Waals surface area contributed by atoms with Crippen molar-refractivity contribution in [2.45, 2.75) is 6.54 Å². The van der Waals surface area contributed by atoms with Gasteiger partial charge in [0.25, 0.3) is 0 Å². The molecule has 2 amide bonds. The first kappa shape index (κ1) is 7.60. The normalized spacial score (nSPS) is 9.09. The second-order valence-electron chi connectivity index (χ2n) is 2.14. The minimum atomic E-state index is -0.617. The van der Waals surface area contributed by atoms with Crippen molar-refractivity contribution in [1.29, 1.82) is 0 Å². The van der Waals surface area contributed by atoms with Crippen molar-refractivity contribution in [3.8, 4) is 0 Å². The fourth-order valence-electron chi connectivity index (χ4n) is 0.753. The minimum Gasteiger partial charge on any atom is -0.350 e. The number of rotatable bonds is 2. The van der Waals surface area contributed by atoms with Crippen molar-refractivity contribution in [2.24, 2.45) is 5.73 Å². The lowest BCUT2D eigenvalue weighted by molar-refractivity contribution is 0.248. The maximum absolute atomic E-state index is 10.2. The van der Waals surface area contributed by atoms with Crippen LogP contribution in [0.4, 0.5) is 4.79 Å². The van der Waals surface area contributed by atoms with Crippen LogP contribution in [-0.2, 0) is 6.54 Å². The number of hydrogen-bond donors (Lipinski definition) is 1. The van der Waals surface area contributed by atoms with Crippen LogP contribution < -0.4 is 11.1 Å². The molecule has 11 heavy (non-hydrogen) atoms. The second kappa shape index (κ2) is 3.61. The number of carbonyl (C=O) groups is 1. The summed E-state index contributed by atoms with van der Waals surface area (Å²) in [5.74, 6) is 0. The van der Waals surface area contributed by atoms with Gasteiger partial charge in [0, 0.05) is 0 Å². The summed E-state index contributed by atoms with van der Waals surface area (Å²) in [6.07, 6.45) is 0. The molecule has 1 rings (SSSR count). The van der Waals surface area contributed by atoms with Gasteiger partial charge in [-0.1, -0.05) is 30.3 Å². The molecular formula is C8H9N2O. The molecule has 3 nitrogen and oxygen atoms in total. The Morgan fingerprint density at radius 1 is 1.36 bits per heavy atom. The van der Waals surface area contributed by atoms with Crippen LogP contribution in [0.3, 0.4) is 0 Å². The van der Waals surface area contributed by atoms with Crippen LogP contribution in [0.15, 0.2) is 30.3 Å². The molecule has 1 aromatic rings. The van der Waals surface area contributed by atoms with Crippen LogP contribution >= 0.6 is 0 Å². The summed E-state index contributed by atoms with van der Waals surface area (Å²) in [6, 6.07) is 8.87. The number of nitrogens with zero attached hydrogens (tertiary/aromatic N) is 1. The molecule has 0 aliphatic carbocycles. The van der Waals surface area contributed by atoms with Gasteiger partial charge in [0.05, 0.1) is 6.54 Å². The fraction of sp³-hybridized carbons (Fsp3) is 0.125. The quantitative estimate of drug-likeness (QED) is 0.666. The van der Waals surface area contributed by atoms with E-state index < -0.39 is 6.03 Å². The summed E-state index contributed by atoms with van der Waals surface area (Å²) in [5.41, 5.74) is 5.83. The zero-order valence-corrected chi connectivity index (χ0v) is 6.03. The Bertz CT molecular complexity index is 233. The van der Waals surface area contributed by atoms with E-state index in [-0.39, 0.29) is 0 Å². The van der Waals surface area contributed by atoms with Gasteiger partial charge in [-0.25, -0.2) is 10.1 Å². The number of urea groups is 1. The molecule has 0 unspecified atom stereocenters. The monoisotopic (exact) mass is 149 g/mol. The van der Waals surface area contributed by atoms with E-state index in [1.807, 2.05) is 30.3 Å². The Balaban J connectivity index is 2.45. The van der Waals surface area contributed by atoms with Crippen LogP contribution in [-0.4, -0.2) is 6.03 Å². The first-order chi connectivity index (χ1) is 5.29. The number of primary amides is 1. The molecule has 0 fully saturated rings. The molecular weight excluding hydrogens is 140 g/mol. The van der Waals surface area contributed by atoms with E-state index in [4.69, 9.17) is 5.73 Å².